The van der Waals surface area contributed by atoms with Crippen molar-refractivity contribution in [3.8, 4) is 0 Å². The predicted molar refractivity (Wildman–Crippen MR) is 97.1 cm³/mol. The van der Waals surface area contributed by atoms with Crippen LogP contribution in [0.1, 0.15) is 52.4 Å². The van der Waals surface area contributed by atoms with Gasteiger partial charge in [-0.25, -0.2) is 4.79 Å². The molecule has 0 unspecified atom stereocenters. The van der Waals surface area contributed by atoms with Gasteiger partial charge in [-0.2, -0.15) is 0 Å². The molecule has 3 rings (SSSR count). The van der Waals surface area contributed by atoms with Crippen molar-refractivity contribution in [2.45, 2.75) is 39.3 Å². The van der Waals surface area contributed by atoms with E-state index in [1.54, 1.807) is 11.8 Å². The monoisotopic (exact) mass is 370 g/mol. The smallest absolute Gasteiger partial charge is 0.339 e. The van der Waals surface area contributed by atoms with Gasteiger partial charge in [0.05, 0.1) is 19.0 Å². The third-order valence-corrected chi connectivity index (χ3v) is 4.85. The maximum atomic E-state index is 12.5. The van der Waals surface area contributed by atoms with Crippen LogP contribution in [-0.4, -0.2) is 34.3 Å². The summed E-state index contributed by atoms with van der Waals surface area (Å²) in [5, 5.41) is 11.8. The minimum Gasteiger partial charge on any atom is -0.478 e. The van der Waals surface area contributed by atoms with Gasteiger partial charge in [-0.3, -0.25) is 9.59 Å². The van der Waals surface area contributed by atoms with Crippen molar-refractivity contribution < 1.29 is 23.9 Å². The molecule has 0 bridgehead atoms. The quantitative estimate of drug-likeness (QED) is 0.842. The number of carboxylic acid groups (broad SMARTS) is 1. The maximum Gasteiger partial charge on any atom is 0.339 e. The van der Waals surface area contributed by atoms with E-state index in [4.69, 9.17) is 9.52 Å². The Labute approximate surface area is 157 Å². The number of aromatic carboxylic acids is 1. The highest BCUT2D eigenvalue weighted by Gasteiger charge is 2.30. The summed E-state index contributed by atoms with van der Waals surface area (Å²) in [5.41, 5.74) is 2.24. The summed E-state index contributed by atoms with van der Waals surface area (Å²) in [6, 6.07) is 8.95. The van der Waals surface area contributed by atoms with Gasteiger partial charge < -0.3 is 19.7 Å². The zero-order valence-corrected chi connectivity index (χ0v) is 15.3. The third kappa shape index (κ3) is 4.02. The van der Waals surface area contributed by atoms with Gasteiger partial charge in [0.1, 0.15) is 17.1 Å². The number of carbonyl (C=O) groups excluding carboxylic acids is 2. The van der Waals surface area contributed by atoms with E-state index < -0.39 is 5.97 Å². The van der Waals surface area contributed by atoms with Crippen molar-refractivity contribution in [1.29, 1.82) is 0 Å². The summed E-state index contributed by atoms with van der Waals surface area (Å²) in [5.74, 6) is -0.671. The fourth-order valence-electron chi connectivity index (χ4n) is 3.53. The number of amides is 2. The van der Waals surface area contributed by atoms with Crippen LogP contribution in [0.3, 0.4) is 0 Å². The van der Waals surface area contributed by atoms with Crippen molar-refractivity contribution in [3.63, 3.8) is 0 Å². The highest BCUT2D eigenvalue weighted by molar-refractivity contribution is 5.88. The number of hydrogen-bond donors (Lipinski definition) is 2. The Morgan fingerprint density at radius 1 is 1.30 bits per heavy atom. The number of rotatable bonds is 5. The average molecular weight is 370 g/mol. The van der Waals surface area contributed by atoms with Gasteiger partial charge in [-0.15, -0.1) is 0 Å². The molecule has 0 saturated carbocycles. The summed E-state index contributed by atoms with van der Waals surface area (Å²) < 4.78 is 5.37. The standard InChI is InChI=1S/C20H22N2O5/c1-12-17(20(25)26)9-15(27-12)11-21-19(24)10-18-16-6-4-3-5-14(16)7-8-22(18)13(2)23/h3-6,9,18H,7-8,10-11H2,1-2H3,(H,21,24)(H,25,26)/t18-/m1/s1. The maximum absolute atomic E-state index is 12.5. The molecular formula is C20H22N2O5. The minimum absolute atomic E-state index is 0.0601. The lowest BCUT2D eigenvalue weighted by Crippen LogP contribution is -2.41. The normalized spacial score (nSPS) is 15.9. The van der Waals surface area contributed by atoms with E-state index >= 15 is 0 Å². The van der Waals surface area contributed by atoms with Crippen molar-refractivity contribution in [1.82, 2.24) is 10.2 Å². The second-order valence-corrected chi connectivity index (χ2v) is 6.65. The van der Waals surface area contributed by atoms with Gasteiger partial charge in [0.25, 0.3) is 0 Å². The largest absolute Gasteiger partial charge is 0.478 e. The van der Waals surface area contributed by atoms with Crippen LogP contribution in [0.25, 0.3) is 0 Å². The minimum atomic E-state index is -1.07. The molecule has 2 heterocycles. The zero-order chi connectivity index (χ0) is 19.6. The van der Waals surface area contributed by atoms with Crippen molar-refractivity contribution in [2.24, 2.45) is 0 Å². The number of carboxylic acids is 1. The van der Waals surface area contributed by atoms with Crippen LogP contribution in [0.2, 0.25) is 0 Å². The molecule has 7 nitrogen and oxygen atoms in total. The lowest BCUT2D eigenvalue weighted by Gasteiger charge is -2.36. The molecule has 0 spiro atoms. The Bertz CT molecular complexity index is 886. The topological polar surface area (TPSA) is 99.9 Å². The van der Waals surface area contributed by atoms with E-state index in [9.17, 15) is 14.4 Å². The summed E-state index contributed by atoms with van der Waals surface area (Å²) in [7, 11) is 0. The predicted octanol–water partition coefficient (Wildman–Crippen LogP) is 2.44. The lowest BCUT2D eigenvalue weighted by molar-refractivity contribution is -0.133. The van der Waals surface area contributed by atoms with E-state index in [1.165, 1.54) is 13.0 Å². The van der Waals surface area contributed by atoms with Crippen LogP contribution in [0.4, 0.5) is 0 Å². The summed E-state index contributed by atoms with van der Waals surface area (Å²) in [6.07, 6.45) is 0.916. The van der Waals surface area contributed by atoms with Crippen molar-refractivity contribution in [3.05, 3.63) is 58.5 Å². The Morgan fingerprint density at radius 3 is 2.70 bits per heavy atom. The van der Waals surface area contributed by atoms with Gasteiger partial charge in [0.15, 0.2) is 0 Å². The molecule has 1 aliphatic rings. The van der Waals surface area contributed by atoms with E-state index in [0.717, 1.165) is 17.5 Å². The molecule has 1 aromatic carbocycles. The molecule has 142 valence electrons. The molecule has 1 aromatic heterocycles. The van der Waals surface area contributed by atoms with Crippen molar-refractivity contribution >= 4 is 17.8 Å². The molecule has 2 aromatic rings. The number of hydrogen-bond acceptors (Lipinski definition) is 4. The number of aryl methyl sites for hydroxylation is 1. The van der Waals surface area contributed by atoms with Crippen LogP contribution in [0.5, 0.6) is 0 Å². The van der Waals surface area contributed by atoms with Gasteiger partial charge in [0.2, 0.25) is 11.8 Å². The first-order valence-corrected chi connectivity index (χ1v) is 8.81. The Kier molecular flexibility index (Phi) is 5.30. The van der Waals surface area contributed by atoms with Crippen LogP contribution < -0.4 is 5.32 Å². The molecule has 0 radical (unpaired) electrons. The molecule has 0 fully saturated rings. The first-order valence-electron chi connectivity index (χ1n) is 8.81. The highest BCUT2D eigenvalue weighted by Crippen LogP contribution is 2.32. The fourth-order valence-corrected chi connectivity index (χ4v) is 3.53. The Morgan fingerprint density at radius 2 is 2.04 bits per heavy atom. The summed E-state index contributed by atoms with van der Waals surface area (Å²) >= 11 is 0. The second-order valence-electron chi connectivity index (χ2n) is 6.65. The fraction of sp³-hybridized carbons (Fsp3) is 0.350. The van der Waals surface area contributed by atoms with E-state index in [-0.39, 0.29) is 36.4 Å². The van der Waals surface area contributed by atoms with Crippen LogP contribution in [0, 0.1) is 6.92 Å². The summed E-state index contributed by atoms with van der Waals surface area (Å²) in [4.78, 5) is 37.3. The number of nitrogens with zero attached hydrogens (tertiary/aromatic N) is 1. The molecule has 0 saturated heterocycles. The van der Waals surface area contributed by atoms with Crippen molar-refractivity contribution in [2.75, 3.05) is 6.54 Å². The summed E-state index contributed by atoms with van der Waals surface area (Å²) in [6.45, 7) is 3.77. The number of nitrogens with one attached hydrogen (secondary N) is 1. The molecule has 2 amide bonds. The molecule has 2 N–H and O–H groups in total. The molecule has 1 atom stereocenters. The first-order chi connectivity index (χ1) is 12.9. The number of carbonyl (C=O) groups is 3. The Hall–Kier alpha value is -3.09. The van der Waals surface area contributed by atoms with Gasteiger partial charge in [-0.1, -0.05) is 24.3 Å². The molecule has 27 heavy (non-hydrogen) atoms. The number of fused-ring (bicyclic) bond motifs is 1. The number of benzene rings is 1. The van der Waals surface area contributed by atoms with Gasteiger partial charge in [0, 0.05) is 13.5 Å². The number of furan rings is 1. The highest BCUT2D eigenvalue weighted by atomic mass is 16.4. The van der Waals surface area contributed by atoms with Crippen LogP contribution >= 0.6 is 0 Å². The van der Waals surface area contributed by atoms with Gasteiger partial charge in [-0.05, 0) is 30.5 Å². The second kappa shape index (κ2) is 7.65. The SMILES string of the molecule is CC(=O)N1CCc2ccccc2[C@H]1CC(=O)NCc1cc(C(=O)O)c(C)o1. The average Bonchev–Trinajstić information content (AvgIpc) is 3.01. The van der Waals surface area contributed by atoms with E-state index in [1.807, 2.05) is 24.3 Å². The lowest BCUT2D eigenvalue weighted by atomic mass is 9.90. The molecular weight excluding hydrogens is 348 g/mol. The zero-order valence-electron chi connectivity index (χ0n) is 15.3. The Balaban J connectivity index is 1.69. The first kappa shape index (κ1) is 18.7. The van der Waals surface area contributed by atoms with E-state index in [0.29, 0.717) is 18.1 Å². The molecule has 0 aliphatic carbocycles. The van der Waals surface area contributed by atoms with Gasteiger partial charge >= 0.3 is 5.97 Å². The van der Waals surface area contributed by atoms with Crippen LogP contribution in [0.15, 0.2) is 34.7 Å². The molecule has 7 heteroatoms. The molecule has 1 aliphatic heterocycles. The van der Waals surface area contributed by atoms with Crippen LogP contribution in [-0.2, 0) is 22.6 Å². The third-order valence-electron chi connectivity index (χ3n) is 4.85. The van der Waals surface area contributed by atoms with E-state index in [2.05, 4.69) is 5.32 Å².